The molecule has 5 heteroatoms. The SMILES string of the molecule is CCOCn1c2c(c(=O)[nH]c1=O)CCCCC2c1ccc(C)cc1. The van der Waals surface area contributed by atoms with Gasteiger partial charge in [-0.25, -0.2) is 4.79 Å². The van der Waals surface area contributed by atoms with E-state index in [-0.39, 0.29) is 23.9 Å². The number of ether oxygens (including phenoxy) is 1. The number of benzene rings is 1. The number of H-pyrrole nitrogens is 1. The van der Waals surface area contributed by atoms with Gasteiger partial charge >= 0.3 is 5.69 Å². The van der Waals surface area contributed by atoms with E-state index in [1.165, 1.54) is 5.56 Å². The molecule has 128 valence electrons. The standard InChI is InChI=1S/C19H24N2O3/c1-3-24-12-21-17-15(14-10-8-13(2)9-11-14)6-4-5-7-16(17)18(22)20-19(21)23/h8-11,15H,3-7,12H2,1-2H3,(H,20,22,23). The van der Waals surface area contributed by atoms with Crippen LogP contribution in [0, 0.1) is 6.92 Å². The zero-order valence-electron chi connectivity index (χ0n) is 14.3. The predicted octanol–water partition coefficient (Wildman–Crippen LogP) is 2.70. The minimum atomic E-state index is -0.383. The fraction of sp³-hybridized carbons (Fsp3) is 0.474. The summed E-state index contributed by atoms with van der Waals surface area (Å²) in [6, 6.07) is 8.37. The third-order valence-corrected chi connectivity index (χ3v) is 4.74. The Morgan fingerprint density at radius 1 is 1.21 bits per heavy atom. The van der Waals surface area contributed by atoms with Gasteiger partial charge in [0.25, 0.3) is 5.56 Å². The molecule has 5 nitrogen and oxygen atoms in total. The number of rotatable bonds is 4. The zero-order chi connectivity index (χ0) is 17.1. The number of aryl methyl sites for hydroxylation is 1. The quantitative estimate of drug-likeness (QED) is 0.878. The van der Waals surface area contributed by atoms with E-state index in [0.717, 1.165) is 36.1 Å². The number of aromatic nitrogens is 2. The van der Waals surface area contributed by atoms with Gasteiger partial charge in [0.05, 0.1) is 0 Å². The topological polar surface area (TPSA) is 64.1 Å². The van der Waals surface area contributed by atoms with Crippen LogP contribution in [-0.4, -0.2) is 16.2 Å². The van der Waals surface area contributed by atoms with Crippen molar-refractivity contribution in [2.45, 2.75) is 52.2 Å². The van der Waals surface area contributed by atoms with E-state index in [1.54, 1.807) is 4.57 Å². The summed E-state index contributed by atoms with van der Waals surface area (Å²) in [7, 11) is 0. The van der Waals surface area contributed by atoms with E-state index < -0.39 is 0 Å². The van der Waals surface area contributed by atoms with Crippen LogP contribution in [0.2, 0.25) is 0 Å². The Bertz CT molecular complexity index is 818. The maximum absolute atomic E-state index is 12.4. The molecule has 1 aromatic heterocycles. The number of nitrogens with one attached hydrogen (secondary N) is 1. The van der Waals surface area contributed by atoms with Gasteiger partial charge in [-0.15, -0.1) is 0 Å². The average Bonchev–Trinajstić information content (AvgIpc) is 2.79. The summed E-state index contributed by atoms with van der Waals surface area (Å²) < 4.78 is 7.10. The van der Waals surface area contributed by atoms with Crippen molar-refractivity contribution in [2.24, 2.45) is 0 Å². The lowest BCUT2D eigenvalue weighted by Gasteiger charge is -2.22. The van der Waals surface area contributed by atoms with Crippen molar-refractivity contribution >= 4 is 0 Å². The van der Waals surface area contributed by atoms with E-state index in [1.807, 2.05) is 6.92 Å². The molecule has 0 fully saturated rings. The van der Waals surface area contributed by atoms with Crippen LogP contribution in [-0.2, 0) is 17.9 Å². The number of nitrogens with zero attached hydrogens (tertiary/aromatic N) is 1. The molecule has 1 N–H and O–H groups in total. The second-order valence-corrected chi connectivity index (χ2v) is 6.38. The second kappa shape index (κ2) is 7.18. The Kier molecular flexibility index (Phi) is 5.00. The lowest BCUT2D eigenvalue weighted by atomic mass is 9.90. The molecule has 1 aliphatic carbocycles. The average molecular weight is 328 g/mol. The molecule has 3 rings (SSSR count). The maximum atomic E-state index is 12.4. The molecule has 0 amide bonds. The highest BCUT2D eigenvalue weighted by molar-refractivity contribution is 5.35. The van der Waals surface area contributed by atoms with E-state index in [4.69, 9.17) is 4.74 Å². The molecule has 1 aliphatic rings. The molecule has 0 saturated heterocycles. The molecule has 24 heavy (non-hydrogen) atoms. The van der Waals surface area contributed by atoms with Crippen LogP contribution in [0.25, 0.3) is 0 Å². The van der Waals surface area contributed by atoms with Crippen LogP contribution in [0.15, 0.2) is 33.9 Å². The Labute approximate surface area is 141 Å². The van der Waals surface area contributed by atoms with Crippen molar-refractivity contribution in [1.82, 2.24) is 9.55 Å². The summed E-state index contributed by atoms with van der Waals surface area (Å²) in [5.41, 5.74) is 3.29. The first-order valence-electron chi connectivity index (χ1n) is 8.62. The van der Waals surface area contributed by atoms with Crippen molar-refractivity contribution in [3.05, 3.63) is 67.5 Å². The van der Waals surface area contributed by atoms with Crippen molar-refractivity contribution in [3.8, 4) is 0 Å². The van der Waals surface area contributed by atoms with Crippen LogP contribution in [0.5, 0.6) is 0 Å². The summed E-state index contributed by atoms with van der Waals surface area (Å²) in [4.78, 5) is 27.2. The molecule has 1 aromatic carbocycles. The Morgan fingerprint density at radius 3 is 2.67 bits per heavy atom. The molecular formula is C19H24N2O3. The molecule has 0 bridgehead atoms. The zero-order valence-corrected chi connectivity index (χ0v) is 14.3. The first-order valence-corrected chi connectivity index (χ1v) is 8.62. The largest absolute Gasteiger partial charge is 0.361 e. The van der Waals surface area contributed by atoms with Crippen molar-refractivity contribution < 1.29 is 4.74 Å². The summed E-state index contributed by atoms with van der Waals surface area (Å²) in [5.74, 6) is 0.0542. The predicted molar refractivity (Wildman–Crippen MR) is 93.5 cm³/mol. The lowest BCUT2D eigenvalue weighted by Crippen LogP contribution is -2.37. The minimum Gasteiger partial charge on any atom is -0.361 e. The van der Waals surface area contributed by atoms with Gasteiger partial charge in [-0.2, -0.15) is 0 Å². The normalized spacial score (nSPS) is 17.3. The summed E-state index contributed by atoms with van der Waals surface area (Å²) >= 11 is 0. The van der Waals surface area contributed by atoms with Gasteiger partial charge in [0, 0.05) is 23.8 Å². The fourth-order valence-electron chi connectivity index (χ4n) is 3.49. The highest BCUT2D eigenvalue weighted by Crippen LogP contribution is 2.34. The highest BCUT2D eigenvalue weighted by Gasteiger charge is 2.26. The molecular weight excluding hydrogens is 304 g/mol. The molecule has 1 atom stereocenters. The highest BCUT2D eigenvalue weighted by atomic mass is 16.5. The van der Waals surface area contributed by atoms with Crippen LogP contribution < -0.4 is 11.2 Å². The van der Waals surface area contributed by atoms with Gasteiger partial charge in [0.15, 0.2) is 0 Å². The molecule has 0 aliphatic heterocycles. The first kappa shape index (κ1) is 16.7. The van der Waals surface area contributed by atoms with Gasteiger partial charge < -0.3 is 4.74 Å². The first-order chi connectivity index (χ1) is 11.6. The van der Waals surface area contributed by atoms with Crippen LogP contribution >= 0.6 is 0 Å². The summed E-state index contributed by atoms with van der Waals surface area (Å²) in [6.07, 6.45) is 3.64. The molecule has 0 radical (unpaired) electrons. The minimum absolute atomic E-state index is 0.0542. The van der Waals surface area contributed by atoms with Crippen molar-refractivity contribution in [2.75, 3.05) is 6.61 Å². The fourth-order valence-corrected chi connectivity index (χ4v) is 3.49. The Balaban J connectivity index is 2.20. The third-order valence-electron chi connectivity index (χ3n) is 4.74. The van der Waals surface area contributed by atoms with Gasteiger partial charge in [0.2, 0.25) is 0 Å². The Morgan fingerprint density at radius 2 is 1.96 bits per heavy atom. The second-order valence-electron chi connectivity index (χ2n) is 6.38. The molecule has 0 saturated carbocycles. The number of aromatic amines is 1. The van der Waals surface area contributed by atoms with Crippen molar-refractivity contribution in [3.63, 3.8) is 0 Å². The lowest BCUT2D eigenvalue weighted by molar-refractivity contribution is 0.0814. The molecule has 1 unspecified atom stereocenters. The summed E-state index contributed by atoms with van der Waals surface area (Å²) in [5, 5.41) is 0. The van der Waals surface area contributed by atoms with Gasteiger partial charge in [-0.05, 0) is 38.7 Å². The maximum Gasteiger partial charge on any atom is 0.330 e. The van der Waals surface area contributed by atoms with E-state index in [2.05, 4.69) is 36.2 Å². The van der Waals surface area contributed by atoms with Crippen LogP contribution in [0.3, 0.4) is 0 Å². The molecule has 0 spiro atoms. The van der Waals surface area contributed by atoms with Crippen LogP contribution in [0.4, 0.5) is 0 Å². The van der Waals surface area contributed by atoms with Crippen molar-refractivity contribution in [1.29, 1.82) is 0 Å². The number of hydrogen-bond acceptors (Lipinski definition) is 3. The van der Waals surface area contributed by atoms with Gasteiger partial charge in [-0.3, -0.25) is 14.3 Å². The molecule has 1 heterocycles. The molecule has 2 aromatic rings. The van der Waals surface area contributed by atoms with Gasteiger partial charge in [0.1, 0.15) is 6.73 Å². The smallest absolute Gasteiger partial charge is 0.330 e. The number of fused-ring (bicyclic) bond motifs is 1. The van der Waals surface area contributed by atoms with Crippen LogP contribution in [0.1, 0.15) is 54.5 Å². The number of hydrogen-bond donors (Lipinski definition) is 1. The van der Waals surface area contributed by atoms with E-state index >= 15 is 0 Å². The third kappa shape index (κ3) is 3.22. The summed E-state index contributed by atoms with van der Waals surface area (Å²) in [6.45, 7) is 4.65. The monoisotopic (exact) mass is 328 g/mol. The van der Waals surface area contributed by atoms with Gasteiger partial charge in [-0.1, -0.05) is 36.2 Å². The van der Waals surface area contributed by atoms with E-state index in [9.17, 15) is 9.59 Å². The Hall–Kier alpha value is -2.14. The van der Waals surface area contributed by atoms with E-state index in [0.29, 0.717) is 13.0 Å².